The van der Waals surface area contributed by atoms with E-state index in [2.05, 4.69) is 25.1 Å². The van der Waals surface area contributed by atoms with E-state index >= 15 is 0 Å². The number of ether oxygens (including phenoxy) is 2. The predicted molar refractivity (Wildman–Crippen MR) is 149 cm³/mol. The van der Waals surface area contributed by atoms with Crippen molar-refractivity contribution in [2.75, 3.05) is 7.11 Å². The van der Waals surface area contributed by atoms with Crippen molar-refractivity contribution < 1.29 is 9.47 Å². The zero-order chi connectivity index (χ0) is 26.2. The van der Waals surface area contributed by atoms with Gasteiger partial charge in [-0.3, -0.25) is 15.1 Å². The standard InChI is InChI=1S/C30H27N7O2/c1-38-21-9-5-6-18(12-21)23-16-32-17-26-27(23)35-30(34-26)29-28-25(36-37-29)11-10-24(33-28)19-13-22(15-31-14-19)39-20-7-3-2-4-8-20/h5-6,9-17,20H,2-4,7-8H2,1H3,(H,34,35)(H,36,37). The molecule has 0 unspecified atom stereocenters. The Balaban J connectivity index is 1.25. The van der Waals surface area contributed by atoms with Gasteiger partial charge in [-0.05, 0) is 61.6 Å². The molecule has 9 nitrogen and oxygen atoms in total. The Morgan fingerprint density at radius 3 is 2.56 bits per heavy atom. The lowest BCUT2D eigenvalue weighted by molar-refractivity contribution is 0.154. The van der Waals surface area contributed by atoms with Crippen LogP contribution >= 0.6 is 0 Å². The smallest absolute Gasteiger partial charge is 0.161 e. The number of nitrogens with one attached hydrogen (secondary N) is 2. The van der Waals surface area contributed by atoms with Crippen LogP contribution in [0.25, 0.3) is 56.0 Å². The van der Waals surface area contributed by atoms with Crippen LogP contribution in [0.5, 0.6) is 11.5 Å². The average molecular weight is 518 g/mol. The number of aromatic nitrogens is 7. The summed E-state index contributed by atoms with van der Waals surface area (Å²) in [6, 6.07) is 13.8. The summed E-state index contributed by atoms with van der Waals surface area (Å²) in [6.07, 6.45) is 13.4. The molecule has 1 aliphatic carbocycles. The second-order valence-corrected chi connectivity index (χ2v) is 9.85. The molecule has 6 aromatic rings. The first-order valence-electron chi connectivity index (χ1n) is 13.2. The topological polar surface area (TPSA) is 114 Å². The Labute approximate surface area is 224 Å². The van der Waals surface area contributed by atoms with Crippen LogP contribution in [0.4, 0.5) is 0 Å². The maximum absolute atomic E-state index is 6.24. The van der Waals surface area contributed by atoms with Crippen LogP contribution in [-0.4, -0.2) is 48.3 Å². The largest absolute Gasteiger partial charge is 0.497 e. The van der Waals surface area contributed by atoms with E-state index in [-0.39, 0.29) is 6.10 Å². The van der Waals surface area contributed by atoms with E-state index in [0.29, 0.717) is 11.5 Å². The summed E-state index contributed by atoms with van der Waals surface area (Å²) < 4.78 is 11.7. The van der Waals surface area contributed by atoms with Gasteiger partial charge in [0.25, 0.3) is 0 Å². The average Bonchev–Trinajstić information content (AvgIpc) is 3.61. The van der Waals surface area contributed by atoms with Crippen molar-refractivity contribution in [3.63, 3.8) is 0 Å². The van der Waals surface area contributed by atoms with Gasteiger partial charge in [0.05, 0.1) is 47.9 Å². The summed E-state index contributed by atoms with van der Waals surface area (Å²) >= 11 is 0. The number of fused-ring (bicyclic) bond motifs is 2. The Kier molecular flexibility index (Phi) is 5.88. The van der Waals surface area contributed by atoms with E-state index < -0.39 is 0 Å². The molecule has 1 saturated carbocycles. The first-order chi connectivity index (χ1) is 19.2. The number of hydrogen-bond acceptors (Lipinski definition) is 7. The van der Waals surface area contributed by atoms with E-state index in [1.165, 1.54) is 19.3 Å². The molecule has 0 spiro atoms. The van der Waals surface area contributed by atoms with Crippen LogP contribution in [0.2, 0.25) is 0 Å². The molecule has 9 heteroatoms. The lowest BCUT2D eigenvalue weighted by Crippen LogP contribution is -2.19. The van der Waals surface area contributed by atoms with Crippen molar-refractivity contribution in [3.05, 3.63) is 67.3 Å². The zero-order valence-corrected chi connectivity index (χ0v) is 21.5. The lowest BCUT2D eigenvalue weighted by atomic mass is 9.98. The summed E-state index contributed by atoms with van der Waals surface area (Å²) in [5.74, 6) is 2.17. The van der Waals surface area contributed by atoms with Gasteiger partial charge in [0.1, 0.15) is 17.0 Å². The minimum absolute atomic E-state index is 0.260. The highest BCUT2D eigenvalue weighted by molar-refractivity contribution is 5.95. The number of pyridine rings is 3. The fourth-order valence-electron chi connectivity index (χ4n) is 5.27. The van der Waals surface area contributed by atoms with E-state index in [9.17, 15) is 0 Å². The predicted octanol–water partition coefficient (Wildman–Crippen LogP) is 6.35. The third-order valence-corrected chi connectivity index (χ3v) is 7.27. The van der Waals surface area contributed by atoms with Gasteiger partial charge in [-0.15, -0.1) is 0 Å². The first-order valence-corrected chi connectivity index (χ1v) is 13.2. The highest BCUT2D eigenvalue weighted by atomic mass is 16.5. The number of nitrogens with zero attached hydrogens (tertiary/aromatic N) is 5. The van der Waals surface area contributed by atoms with Crippen LogP contribution in [-0.2, 0) is 0 Å². The maximum Gasteiger partial charge on any atom is 0.161 e. The van der Waals surface area contributed by atoms with Crippen LogP contribution in [0, 0.1) is 0 Å². The molecule has 1 fully saturated rings. The summed E-state index contributed by atoms with van der Waals surface area (Å²) in [6.45, 7) is 0. The number of methoxy groups -OCH3 is 1. The quantitative estimate of drug-likeness (QED) is 0.265. The van der Waals surface area contributed by atoms with E-state index in [1.807, 2.05) is 54.9 Å². The summed E-state index contributed by atoms with van der Waals surface area (Å²) in [5.41, 5.74) is 7.37. The molecule has 7 rings (SSSR count). The molecule has 2 N–H and O–H groups in total. The van der Waals surface area contributed by atoms with Crippen molar-refractivity contribution >= 4 is 22.1 Å². The molecular formula is C30H27N7O2. The minimum atomic E-state index is 0.260. The molecular weight excluding hydrogens is 490 g/mol. The zero-order valence-electron chi connectivity index (χ0n) is 21.5. The van der Waals surface area contributed by atoms with Gasteiger partial charge < -0.3 is 14.5 Å². The molecule has 1 aliphatic rings. The van der Waals surface area contributed by atoms with E-state index in [0.717, 1.165) is 68.8 Å². The number of H-pyrrole nitrogens is 2. The number of hydrogen-bond donors (Lipinski definition) is 2. The first kappa shape index (κ1) is 23.3. The molecule has 1 aromatic carbocycles. The molecule has 194 valence electrons. The Hall–Kier alpha value is -4.79. The van der Waals surface area contributed by atoms with Gasteiger partial charge in [0.15, 0.2) is 11.5 Å². The van der Waals surface area contributed by atoms with Gasteiger partial charge in [0.2, 0.25) is 0 Å². The second kappa shape index (κ2) is 9.83. The normalized spacial score (nSPS) is 14.2. The second-order valence-electron chi connectivity index (χ2n) is 9.85. The monoisotopic (exact) mass is 517 g/mol. The van der Waals surface area contributed by atoms with Crippen LogP contribution in [0.3, 0.4) is 0 Å². The third-order valence-electron chi connectivity index (χ3n) is 7.27. The highest BCUT2D eigenvalue weighted by Gasteiger charge is 2.18. The molecule has 0 saturated heterocycles. The van der Waals surface area contributed by atoms with Crippen molar-refractivity contribution in [1.82, 2.24) is 35.1 Å². The van der Waals surface area contributed by atoms with Gasteiger partial charge in [-0.1, -0.05) is 18.6 Å². The van der Waals surface area contributed by atoms with Gasteiger partial charge in [0, 0.05) is 23.5 Å². The fraction of sp³-hybridized carbons (Fsp3) is 0.233. The molecule has 5 aromatic heterocycles. The molecule has 0 atom stereocenters. The SMILES string of the molecule is COc1cccc(-c2cncc3[nH]c(-c4n[nH]c5ccc(-c6cncc(OC7CCCCC7)c6)nc45)nc23)c1. The van der Waals surface area contributed by atoms with Gasteiger partial charge >= 0.3 is 0 Å². The van der Waals surface area contributed by atoms with Gasteiger partial charge in [-0.25, -0.2) is 9.97 Å². The third kappa shape index (κ3) is 4.46. The number of rotatable bonds is 6. The fourth-order valence-corrected chi connectivity index (χ4v) is 5.27. The van der Waals surface area contributed by atoms with E-state index in [4.69, 9.17) is 19.4 Å². The van der Waals surface area contributed by atoms with E-state index in [1.54, 1.807) is 19.5 Å². The highest BCUT2D eigenvalue weighted by Crippen LogP contribution is 2.33. The van der Waals surface area contributed by atoms with Crippen LogP contribution in [0.15, 0.2) is 67.3 Å². The summed E-state index contributed by atoms with van der Waals surface area (Å²) in [5, 5.41) is 7.65. The molecule has 0 bridgehead atoms. The van der Waals surface area contributed by atoms with Gasteiger partial charge in [-0.2, -0.15) is 5.10 Å². The molecule has 0 aliphatic heterocycles. The van der Waals surface area contributed by atoms with Crippen LogP contribution < -0.4 is 9.47 Å². The maximum atomic E-state index is 6.24. The van der Waals surface area contributed by atoms with Crippen LogP contribution in [0.1, 0.15) is 32.1 Å². The Morgan fingerprint density at radius 2 is 1.67 bits per heavy atom. The van der Waals surface area contributed by atoms with Crippen molar-refractivity contribution in [1.29, 1.82) is 0 Å². The number of aromatic amines is 2. The number of benzene rings is 1. The molecule has 5 heterocycles. The lowest BCUT2D eigenvalue weighted by Gasteiger charge is -2.22. The molecule has 0 radical (unpaired) electrons. The van der Waals surface area contributed by atoms with Crippen molar-refractivity contribution in [2.45, 2.75) is 38.2 Å². The minimum Gasteiger partial charge on any atom is -0.497 e. The molecule has 39 heavy (non-hydrogen) atoms. The Morgan fingerprint density at radius 1 is 0.795 bits per heavy atom. The van der Waals surface area contributed by atoms with Crippen molar-refractivity contribution in [2.24, 2.45) is 0 Å². The number of imidazole rings is 1. The molecule has 0 amide bonds. The van der Waals surface area contributed by atoms with Crippen molar-refractivity contribution in [3.8, 4) is 45.4 Å². The Bertz CT molecular complexity index is 1790. The summed E-state index contributed by atoms with van der Waals surface area (Å²) in [7, 11) is 1.66. The summed E-state index contributed by atoms with van der Waals surface area (Å²) in [4.78, 5) is 22.1.